The zero-order valence-electron chi connectivity index (χ0n) is 12.7. The van der Waals surface area contributed by atoms with Crippen molar-refractivity contribution in [3.63, 3.8) is 0 Å². The highest BCUT2D eigenvalue weighted by molar-refractivity contribution is 5.91. The second kappa shape index (κ2) is 7.79. The summed E-state index contributed by atoms with van der Waals surface area (Å²) in [6.45, 7) is 0.339. The van der Waals surface area contributed by atoms with E-state index in [9.17, 15) is 9.59 Å². The molecule has 0 saturated heterocycles. The lowest BCUT2D eigenvalue weighted by Gasteiger charge is -2.03. The molecule has 5 nitrogen and oxygen atoms in total. The molecule has 5 heteroatoms. The number of carboxylic acid groups (broad SMARTS) is 1. The van der Waals surface area contributed by atoms with Crippen molar-refractivity contribution in [2.24, 2.45) is 0 Å². The highest BCUT2D eigenvalue weighted by atomic mass is 16.5. The van der Waals surface area contributed by atoms with Crippen molar-refractivity contribution in [2.45, 2.75) is 6.54 Å². The number of methoxy groups -OCH3 is 1. The van der Waals surface area contributed by atoms with Crippen LogP contribution in [0.25, 0.3) is 6.08 Å². The molecule has 0 unspecified atom stereocenters. The van der Waals surface area contributed by atoms with Crippen LogP contribution >= 0.6 is 0 Å². The molecule has 0 aliphatic carbocycles. The molecule has 0 saturated carbocycles. The van der Waals surface area contributed by atoms with Crippen LogP contribution in [-0.4, -0.2) is 24.1 Å². The second-order valence-electron chi connectivity index (χ2n) is 4.83. The van der Waals surface area contributed by atoms with E-state index in [0.29, 0.717) is 6.54 Å². The molecule has 118 valence electrons. The Kier molecular flexibility index (Phi) is 5.52. The Morgan fingerprint density at radius 1 is 1.09 bits per heavy atom. The van der Waals surface area contributed by atoms with Gasteiger partial charge in [-0.1, -0.05) is 24.3 Å². The normalized spacial score (nSPS) is 10.5. The Hall–Kier alpha value is -3.08. The van der Waals surface area contributed by atoms with Crippen molar-refractivity contribution in [3.05, 3.63) is 71.3 Å². The van der Waals surface area contributed by atoms with Crippen LogP contribution in [0.1, 0.15) is 21.5 Å². The Morgan fingerprint density at radius 2 is 1.74 bits per heavy atom. The van der Waals surface area contributed by atoms with Gasteiger partial charge in [-0.05, 0) is 41.5 Å². The van der Waals surface area contributed by atoms with E-state index in [1.807, 2.05) is 24.3 Å². The summed E-state index contributed by atoms with van der Waals surface area (Å²) in [5, 5.41) is 11.6. The maximum atomic E-state index is 11.8. The summed E-state index contributed by atoms with van der Waals surface area (Å²) in [6, 6.07) is 13.7. The molecule has 0 aliphatic rings. The minimum absolute atomic E-state index is 0.219. The summed E-state index contributed by atoms with van der Waals surface area (Å²) in [4.78, 5) is 22.5. The number of carbonyl (C=O) groups excluding carboxylic acids is 1. The predicted molar refractivity (Wildman–Crippen MR) is 87.3 cm³/mol. The molecule has 23 heavy (non-hydrogen) atoms. The summed E-state index contributed by atoms with van der Waals surface area (Å²) in [6.07, 6.45) is 3.16. The summed E-state index contributed by atoms with van der Waals surface area (Å²) in [7, 11) is 1.60. The number of benzene rings is 2. The fraction of sp³-hybridized carbons (Fsp3) is 0.111. The van der Waals surface area contributed by atoms with E-state index in [0.717, 1.165) is 16.9 Å². The fourth-order valence-corrected chi connectivity index (χ4v) is 1.90. The SMILES string of the molecule is COc1ccc(/C=C/C(=O)NCc2ccc(C(=O)O)cc2)cc1. The molecule has 0 bridgehead atoms. The lowest BCUT2D eigenvalue weighted by Crippen LogP contribution is -2.20. The van der Waals surface area contributed by atoms with Gasteiger partial charge in [0.1, 0.15) is 5.75 Å². The lowest BCUT2D eigenvalue weighted by molar-refractivity contribution is -0.116. The van der Waals surface area contributed by atoms with Crippen molar-refractivity contribution in [3.8, 4) is 5.75 Å². The summed E-state index contributed by atoms with van der Waals surface area (Å²) >= 11 is 0. The molecule has 0 fully saturated rings. The van der Waals surface area contributed by atoms with Gasteiger partial charge in [-0.2, -0.15) is 0 Å². The van der Waals surface area contributed by atoms with Crippen LogP contribution < -0.4 is 10.1 Å². The van der Waals surface area contributed by atoms with Crippen LogP contribution in [0.4, 0.5) is 0 Å². The van der Waals surface area contributed by atoms with Gasteiger partial charge in [-0.25, -0.2) is 4.79 Å². The number of aromatic carboxylic acids is 1. The molecular formula is C18H17NO4. The topological polar surface area (TPSA) is 75.6 Å². The van der Waals surface area contributed by atoms with Crippen molar-refractivity contribution in [1.29, 1.82) is 0 Å². The largest absolute Gasteiger partial charge is 0.497 e. The highest BCUT2D eigenvalue weighted by Crippen LogP contribution is 2.12. The number of rotatable bonds is 6. The van der Waals surface area contributed by atoms with Gasteiger partial charge in [0, 0.05) is 12.6 Å². The van der Waals surface area contributed by atoms with Crippen molar-refractivity contribution in [2.75, 3.05) is 7.11 Å². The first-order valence-corrected chi connectivity index (χ1v) is 7.00. The van der Waals surface area contributed by atoms with Crippen LogP contribution in [0.5, 0.6) is 5.75 Å². The van der Waals surface area contributed by atoms with E-state index in [4.69, 9.17) is 9.84 Å². The zero-order valence-corrected chi connectivity index (χ0v) is 12.7. The third kappa shape index (κ3) is 5.00. The number of nitrogens with one attached hydrogen (secondary N) is 1. The molecule has 2 aromatic carbocycles. The van der Waals surface area contributed by atoms with Crippen LogP contribution in [0, 0.1) is 0 Å². The smallest absolute Gasteiger partial charge is 0.335 e. The van der Waals surface area contributed by atoms with Gasteiger partial charge < -0.3 is 15.2 Å². The van der Waals surface area contributed by atoms with Gasteiger partial charge in [-0.3, -0.25) is 4.79 Å². The average molecular weight is 311 g/mol. The van der Waals surface area contributed by atoms with Gasteiger partial charge in [0.25, 0.3) is 0 Å². The first-order chi connectivity index (χ1) is 11.1. The van der Waals surface area contributed by atoms with Crippen molar-refractivity contribution >= 4 is 18.0 Å². The number of ether oxygens (including phenoxy) is 1. The Morgan fingerprint density at radius 3 is 2.30 bits per heavy atom. The standard InChI is InChI=1S/C18H17NO4/c1-23-16-9-4-13(5-10-16)6-11-17(20)19-12-14-2-7-15(8-3-14)18(21)22/h2-11H,12H2,1H3,(H,19,20)(H,21,22)/b11-6+. The number of carboxylic acids is 1. The Labute approximate surface area is 134 Å². The molecule has 2 aromatic rings. The summed E-state index contributed by atoms with van der Waals surface area (Å²) < 4.78 is 5.07. The molecule has 0 atom stereocenters. The van der Waals surface area contributed by atoms with Crippen LogP contribution in [0.2, 0.25) is 0 Å². The fourth-order valence-electron chi connectivity index (χ4n) is 1.90. The van der Waals surface area contributed by atoms with Crippen LogP contribution in [0.3, 0.4) is 0 Å². The van der Waals surface area contributed by atoms with Gasteiger partial charge >= 0.3 is 5.97 Å². The first kappa shape index (κ1) is 16.3. The second-order valence-corrected chi connectivity index (χ2v) is 4.83. The van der Waals surface area contributed by atoms with Gasteiger partial charge in [0.2, 0.25) is 5.91 Å². The molecule has 0 heterocycles. The molecule has 2 N–H and O–H groups in total. The van der Waals surface area contributed by atoms with Gasteiger partial charge in [-0.15, -0.1) is 0 Å². The summed E-state index contributed by atoms with van der Waals surface area (Å²) in [5.41, 5.74) is 1.95. The maximum absolute atomic E-state index is 11.8. The molecule has 1 amide bonds. The Bertz CT molecular complexity index is 703. The number of hydrogen-bond donors (Lipinski definition) is 2. The molecule has 0 radical (unpaired) electrons. The average Bonchev–Trinajstić information content (AvgIpc) is 2.59. The first-order valence-electron chi connectivity index (χ1n) is 7.00. The third-order valence-electron chi connectivity index (χ3n) is 3.21. The summed E-state index contributed by atoms with van der Waals surface area (Å²) in [5.74, 6) is -0.428. The van der Waals surface area contributed by atoms with Crippen LogP contribution in [0.15, 0.2) is 54.6 Å². The quantitative estimate of drug-likeness (QED) is 0.804. The minimum atomic E-state index is -0.969. The Balaban J connectivity index is 1.86. The molecule has 0 aliphatic heterocycles. The van der Waals surface area contributed by atoms with E-state index in [2.05, 4.69) is 5.32 Å². The zero-order chi connectivity index (χ0) is 16.7. The predicted octanol–water partition coefficient (Wildman–Crippen LogP) is 2.72. The van der Waals surface area contributed by atoms with Gasteiger partial charge in [0.15, 0.2) is 0 Å². The van der Waals surface area contributed by atoms with E-state index in [1.54, 1.807) is 25.3 Å². The maximum Gasteiger partial charge on any atom is 0.335 e. The van der Waals surface area contributed by atoms with E-state index in [1.165, 1.54) is 18.2 Å². The van der Waals surface area contributed by atoms with Crippen molar-refractivity contribution < 1.29 is 19.4 Å². The minimum Gasteiger partial charge on any atom is -0.497 e. The highest BCUT2D eigenvalue weighted by Gasteiger charge is 2.02. The van der Waals surface area contributed by atoms with E-state index >= 15 is 0 Å². The monoisotopic (exact) mass is 311 g/mol. The number of hydrogen-bond acceptors (Lipinski definition) is 3. The number of amides is 1. The van der Waals surface area contributed by atoms with E-state index in [-0.39, 0.29) is 11.5 Å². The van der Waals surface area contributed by atoms with Crippen molar-refractivity contribution in [1.82, 2.24) is 5.32 Å². The molecular weight excluding hydrogens is 294 g/mol. The van der Waals surface area contributed by atoms with Crippen LogP contribution in [-0.2, 0) is 11.3 Å². The third-order valence-corrected chi connectivity index (χ3v) is 3.21. The van der Waals surface area contributed by atoms with E-state index < -0.39 is 5.97 Å². The van der Waals surface area contributed by atoms with Gasteiger partial charge in [0.05, 0.1) is 12.7 Å². The molecule has 0 aromatic heterocycles. The molecule has 0 spiro atoms. The lowest BCUT2D eigenvalue weighted by atomic mass is 10.1. The molecule has 2 rings (SSSR count). The number of carbonyl (C=O) groups is 2.